The minimum atomic E-state index is -1.20. The Morgan fingerprint density at radius 1 is 1.09 bits per heavy atom. The van der Waals surface area contributed by atoms with Gasteiger partial charge in [-0.2, -0.15) is 0 Å². The number of rotatable bonds is 9. The zero-order valence-corrected chi connectivity index (χ0v) is 18.1. The van der Waals surface area contributed by atoms with Crippen LogP contribution in [0.3, 0.4) is 0 Å². The summed E-state index contributed by atoms with van der Waals surface area (Å²) in [6.45, 7) is -0.0637. The highest BCUT2D eigenvalue weighted by molar-refractivity contribution is 7.99. The minimum Gasteiger partial charge on any atom is -0.465 e. The molecular weight excluding hydrogens is 430 g/mol. The molecule has 1 saturated carbocycles. The topological polar surface area (TPSA) is 122 Å². The first-order valence-electron chi connectivity index (χ1n) is 10.3. The van der Waals surface area contributed by atoms with Gasteiger partial charge in [0.1, 0.15) is 16.3 Å². The van der Waals surface area contributed by atoms with Gasteiger partial charge in [-0.15, -0.1) is 11.8 Å². The number of carbonyl (C=O) groups is 3. The summed E-state index contributed by atoms with van der Waals surface area (Å²) in [6.07, 6.45) is 0.558. The van der Waals surface area contributed by atoms with Gasteiger partial charge in [-0.05, 0) is 37.0 Å². The van der Waals surface area contributed by atoms with Crippen molar-refractivity contribution in [3.8, 4) is 0 Å². The first-order chi connectivity index (χ1) is 15.5. The van der Waals surface area contributed by atoms with E-state index < -0.39 is 16.9 Å². The van der Waals surface area contributed by atoms with Crippen molar-refractivity contribution in [3.05, 3.63) is 66.1 Å². The van der Waals surface area contributed by atoms with Gasteiger partial charge in [-0.25, -0.2) is 9.78 Å². The van der Waals surface area contributed by atoms with E-state index in [0.717, 1.165) is 12.0 Å². The molecule has 8 nitrogen and oxygen atoms in total. The molecule has 0 aliphatic heterocycles. The fourth-order valence-corrected chi connectivity index (χ4v) is 4.61. The number of nitrogens with zero attached hydrogens (tertiary/aromatic N) is 1. The second kappa shape index (κ2) is 9.44. The van der Waals surface area contributed by atoms with Crippen molar-refractivity contribution < 1.29 is 23.9 Å². The maximum absolute atomic E-state index is 13.2. The van der Waals surface area contributed by atoms with E-state index in [2.05, 4.69) is 15.6 Å². The molecule has 0 spiro atoms. The molecule has 9 heteroatoms. The summed E-state index contributed by atoms with van der Waals surface area (Å²) < 4.78 is 5.63. The molecule has 166 valence electrons. The number of amides is 2. The number of carboxylic acid groups (broad SMARTS) is 1. The molecule has 1 aliphatic carbocycles. The molecule has 0 saturated heterocycles. The quantitative estimate of drug-likeness (QED) is 0.423. The molecule has 0 bridgehead atoms. The zero-order chi connectivity index (χ0) is 22.6. The molecule has 1 aliphatic rings. The Morgan fingerprint density at radius 2 is 1.81 bits per heavy atom. The number of benzene rings is 2. The van der Waals surface area contributed by atoms with Gasteiger partial charge in [0.15, 0.2) is 5.58 Å². The van der Waals surface area contributed by atoms with Crippen LogP contribution in [0.2, 0.25) is 0 Å². The van der Waals surface area contributed by atoms with E-state index in [9.17, 15) is 14.4 Å². The second-order valence-corrected chi connectivity index (χ2v) is 8.90. The molecule has 1 aromatic heterocycles. The number of nitrogens with one attached hydrogen (secondary N) is 2. The average Bonchev–Trinajstić information content (AvgIpc) is 3.20. The van der Waals surface area contributed by atoms with E-state index in [4.69, 9.17) is 9.52 Å². The van der Waals surface area contributed by atoms with Crippen LogP contribution >= 0.6 is 11.8 Å². The molecule has 1 unspecified atom stereocenters. The maximum atomic E-state index is 13.2. The fourth-order valence-electron chi connectivity index (χ4n) is 3.61. The zero-order valence-electron chi connectivity index (χ0n) is 17.2. The maximum Gasteiger partial charge on any atom is 0.404 e. The summed E-state index contributed by atoms with van der Waals surface area (Å²) in [5.41, 5.74) is 1.04. The smallest absolute Gasteiger partial charge is 0.404 e. The normalized spacial score (nSPS) is 15.5. The van der Waals surface area contributed by atoms with Crippen LogP contribution in [0.15, 0.2) is 59.0 Å². The lowest BCUT2D eigenvalue weighted by Gasteiger charge is -2.40. The van der Waals surface area contributed by atoms with Crippen molar-refractivity contribution in [2.45, 2.75) is 35.8 Å². The molecule has 1 atom stereocenters. The van der Waals surface area contributed by atoms with Gasteiger partial charge in [0.2, 0.25) is 11.7 Å². The Kier molecular flexibility index (Phi) is 6.45. The van der Waals surface area contributed by atoms with Crippen molar-refractivity contribution in [1.82, 2.24) is 15.6 Å². The fraction of sp³-hybridized carbons (Fsp3) is 0.304. The van der Waals surface area contributed by atoms with Crippen LogP contribution in [0, 0.1) is 0 Å². The first kappa shape index (κ1) is 21.9. The van der Waals surface area contributed by atoms with E-state index in [1.165, 1.54) is 11.8 Å². The van der Waals surface area contributed by atoms with Crippen LogP contribution in [-0.4, -0.2) is 45.2 Å². The summed E-state index contributed by atoms with van der Waals surface area (Å²) in [7, 11) is 0. The van der Waals surface area contributed by atoms with Gasteiger partial charge < -0.3 is 20.2 Å². The lowest BCUT2D eigenvalue weighted by atomic mass is 9.73. The van der Waals surface area contributed by atoms with Crippen molar-refractivity contribution in [2.75, 3.05) is 6.54 Å². The number of para-hydroxylation sites is 2. The Balaban J connectivity index is 1.49. The molecule has 3 aromatic rings. The Hall–Kier alpha value is -3.33. The number of ketones is 1. The number of fused-ring (bicyclic) bond motifs is 1. The van der Waals surface area contributed by atoms with E-state index >= 15 is 0 Å². The number of thioether (sulfide) groups is 1. The standard InChI is InChI=1S/C23H23N3O5S/c27-19(21-25-16-9-4-5-10-17(16)31-21)23(11-6-12-23)26-20(28)18(13-24-22(29)30)32-14-15-7-2-1-3-8-15/h1-5,7-10,18,24H,6,11-14H2,(H,26,28)(H,29,30). The number of hydrogen-bond donors (Lipinski definition) is 3. The van der Waals surface area contributed by atoms with Crippen LogP contribution in [0.25, 0.3) is 11.1 Å². The van der Waals surface area contributed by atoms with Gasteiger partial charge in [0, 0.05) is 12.3 Å². The highest BCUT2D eigenvalue weighted by Crippen LogP contribution is 2.36. The van der Waals surface area contributed by atoms with Crippen molar-refractivity contribution >= 4 is 40.6 Å². The number of oxazole rings is 1. The third-order valence-electron chi connectivity index (χ3n) is 5.52. The van der Waals surface area contributed by atoms with E-state index in [1.54, 1.807) is 18.2 Å². The monoisotopic (exact) mass is 453 g/mol. The third-order valence-corrected chi connectivity index (χ3v) is 6.80. The second-order valence-electron chi connectivity index (χ2n) is 7.71. The van der Waals surface area contributed by atoms with Crippen LogP contribution in [0.1, 0.15) is 35.5 Å². The predicted molar refractivity (Wildman–Crippen MR) is 121 cm³/mol. The van der Waals surface area contributed by atoms with E-state index in [1.807, 2.05) is 36.4 Å². The van der Waals surface area contributed by atoms with Crippen molar-refractivity contribution in [1.29, 1.82) is 0 Å². The van der Waals surface area contributed by atoms with Gasteiger partial charge in [0.05, 0.1) is 0 Å². The lowest BCUT2D eigenvalue weighted by molar-refractivity contribution is -0.122. The summed E-state index contributed by atoms with van der Waals surface area (Å²) in [5, 5.41) is 13.5. The molecular formula is C23H23N3O5S. The van der Waals surface area contributed by atoms with Gasteiger partial charge in [-0.1, -0.05) is 42.5 Å². The Morgan fingerprint density at radius 3 is 2.47 bits per heavy atom. The summed E-state index contributed by atoms with van der Waals surface area (Å²) in [4.78, 5) is 41.7. The summed E-state index contributed by atoms with van der Waals surface area (Å²) >= 11 is 1.32. The van der Waals surface area contributed by atoms with Crippen molar-refractivity contribution in [3.63, 3.8) is 0 Å². The van der Waals surface area contributed by atoms with E-state index in [0.29, 0.717) is 29.7 Å². The van der Waals surface area contributed by atoms with Gasteiger partial charge >= 0.3 is 6.09 Å². The van der Waals surface area contributed by atoms with Crippen molar-refractivity contribution in [2.24, 2.45) is 0 Å². The number of aromatic nitrogens is 1. The van der Waals surface area contributed by atoms with Crippen LogP contribution in [-0.2, 0) is 10.5 Å². The highest BCUT2D eigenvalue weighted by Gasteiger charge is 2.48. The van der Waals surface area contributed by atoms with Crippen LogP contribution < -0.4 is 10.6 Å². The third kappa shape index (κ3) is 4.77. The Labute approximate surface area is 188 Å². The van der Waals surface area contributed by atoms with Crippen LogP contribution in [0.5, 0.6) is 0 Å². The molecule has 32 heavy (non-hydrogen) atoms. The summed E-state index contributed by atoms with van der Waals surface area (Å²) in [5.74, 6) is -0.231. The molecule has 1 fully saturated rings. The minimum absolute atomic E-state index is 0.0247. The van der Waals surface area contributed by atoms with E-state index in [-0.39, 0.29) is 24.1 Å². The highest BCUT2D eigenvalue weighted by atomic mass is 32.2. The summed E-state index contributed by atoms with van der Waals surface area (Å²) in [6, 6.07) is 16.7. The first-order valence-corrected chi connectivity index (χ1v) is 11.4. The molecule has 0 radical (unpaired) electrons. The predicted octanol–water partition coefficient (Wildman–Crippen LogP) is 3.62. The molecule has 1 heterocycles. The van der Waals surface area contributed by atoms with Gasteiger partial charge in [-0.3, -0.25) is 9.59 Å². The largest absolute Gasteiger partial charge is 0.465 e. The molecule has 2 aromatic carbocycles. The number of hydrogen-bond acceptors (Lipinski definition) is 6. The number of carbonyl (C=O) groups excluding carboxylic acids is 2. The SMILES string of the molecule is O=C(O)NCC(SCc1ccccc1)C(=O)NC1(C(=O)c2nc3ccccc3o2)CCC1. The molecule has 3 N–H and O–H groups in total. The molecule has 4 rings (SSSR count). The number of Topliss-reactive ketones (excluding diaryl/α,β-unsaturated/α-hetero) is 1. The van der Waals surface area contributed by atoms with Gasteiger partial charge in [0.25, 0.3) is 5.89 Å². The van der Waals surface area contributed by atoms with Crippen LogP contribution in [0.4, 0.5) is 4.79 Å². The average molecular weight is 454 g/mol. The molecule has 2 amide bonds. The Bertz CT molecular complexity index is 1090. The lowest BCUT2D eigenvalue weighted by Crippen LogP contribution is -2.61.